The zero-order chi connectivity index (χ0) is 23.3. The second-order valence-electron chi connectivity index (χ2n) is 11.0. The van der Waals surface area contributed by atoms with Crippen molar-refractivity contribution in [3.05, 3.63) is 70.8 Å². The molecule has 2 aromatic rings. The molecule has 5 heteroatoms. The van der Waals surface area contributed by atoms with Crippen LogP contribution in [0.4, 0.5) is 13.2 Å². The predicted molar refractivity (Wildman–Crippen MR) is 122 cm³/mol. The van der Waals surface area contributed by atoms with Crippen molar-refractivity contribution in [1.82, 2.24) is 4.90 Å². The molecule has 1 saturated heterocycles. The molecular weight excluding hydrogens is 411 g/mol. The summed E-state index contributed by atoms with van der Waals surface area (Å²) in [5.74, 6) is 0.881. The average Bonchev–Trinajstić information content (AvgIpc) is 3.21. The number of benzene rings is 2. The maximum absolute atomic E-state index is 13.1. The summed E-state index contributed by atoms with van der Waals surface area (Å²) >= 11 is 0. The van der Waals surface area contributed by atoms with E-state index in [1.807, 2.05) is 6.92 Å². The molecule has 4 rings (SSSR count). The van der Waals surface area contributed by atoms with Gasteiger partial charge in [0.05, 0.1) is 11.2 Å². The van der Waals surface area contributed by atoms with Crippen molar-refractivity contribution in [2.75, 3.05) is 19.6 Å². The maximum Gasteiger partial charge on any atom is 0.416 e. The van der Waals surface area contributed by atoms with E-state index in [0.717, 1.165) is 49.7 Å². The zero-order valence-corrected chi connectivity index (χ0v) is 19.4. The Balaban J connectivity index is 1.38. The molecule has 2 aromatic carbocycles. The predicted octanol–water partition coefficient (Wildman–Crippen LogP) is 6.34. The SMILES string of the molecule is CC(CN1C[C@@H]2CC(O)(c3ccc(C(C)(C)C)cc3)C[C@@H]2C1)c1cccc(C(F)(F)F)c1. The Morgan fingerprint density at radius 3 is 2.09 bits per heavy atom. The minimum atomic E-state index is -4.31. The lowest BCUT2D eigenvalue weighted by atomic mass is 9.84. The molecule has 2 unspecified atom stereocenters. The first-order valence-electron chi connectivity index (χ1n) is 11.6. The summed E-state index contributed by atoms with van der Waals surface area (Å²) in [5.41, 5.74) is 1.73. The van der Waals surface area contributed by atoms with Crippen LogP contribution in [-0.2, 0) is 17.2 Å². The van der Waals surface area contributed by atoms with Gasteiger partial charge in [0.1, 0.15) is 0 Å². The highest BCUT2D eigenvalue weighted by Crippen LogP contribution is 2.49. The molecule has 0 bridgehead atoms. The van der Waals surface area contributed by atoms with Gasteiger partial charge in [-0.25, -0.2) is 0 Å². The summed E-state index contributed by atoms with van der Waals surface area (Å²) in [6.45, 7) is 11.1. The lowest BCUT2D eigenvalue weighted by Crippen LogP contribution is -2.30. The monoisotopic (exact) mass is 445 g/mol. The largest absolute Gasteiger partial charge is 0.416 e. The summed E-state index contributed by atoms with van der Waals surface area (Å²) in [6.07, 6.45) is -2.81. The molecule has 2 aliphatic rings. The first kappa shape index (κ1) is 23.3. The number of alkyl halides is 3. The van der Waals surface area contributed by atoms with Crippen LogP contribution in [-0.4, -0.2) is 29.6 Å². The molecule has 1 aliphatic carbocycles. The van der Waals surface area contributed by atoms with Gasteiger partial charge in [0.15, 0.2) is 0 Å². The standard InChI is InChI=1S/C27H34F3NO/c1-18(19-6-5-7-24(12-19)27(28,29)30)15-31-16-20-13-26(32,14-21(20)17-31)23-10-8-22(9-11-23)25(2,3)4/h5-12,18,20-21,32H,13-17H2,1-4H3/t18?,20-,21+,26?. The lowest BCUT2D eigenvalue weighted by Gasteiger charge is -2.28. The Bertz CT molecular complexity index is 931. The van der Waals surface area contributed by atoms with Gasteiger partial charge in [0.25, 0.3) is 0 Å². The van der Waals surface area contributed by atoms with Crippen molar-refractivity contribution >= 4 is 0 Å². The van der Waals surface area contributed by atoms with Crippen molar-refractivity contribution in [2.45, 2.75) is 63.6 Å². The van der Waals surface area contributed by atoms with Gasteiger partial charge < -0.3 is 10.0 Å². The minimum absolute atomic E-state index is 0.0277. The molecule has 0 aromatic heterocycles. The molecule has 1 saturated carbocycles. The summed E-state index contributed by atoms with van der Waals surface area (Å²) < 4.78 is 39.2. The smallest absolute Gasteiger partial charge is 0.385 e. The molecule has 0 spiro atoms. The summed E-state index contributed by atoms with van der Waals surface area (Å²) in [4.78, 5) is 2.36. The molecule has 2 fully saturated rings. The van der Waals surface area contributed by atoms with Gasteiger partial charge in [-0.2, -0.15) is 13.2 Å². The van der Waals surface area contributed by atoms with Gasteiger partial charge in [0.2, 0.25) is 0 Å². The Kier molecular flexibility index (Phi) is 5.96. The van der Waals surface area contributed by atoms with Gasteiger partial charge in [-0.1, -0.05) is 70.2 Å². The number of hydrogen-bond donors (Lipinski definition) is 1. The second-order valence-corrected chi connectivity index (χ2v) is 11.0. The summed E-state index contributed by atoms with van der Waals surface area (Å²) in [7, 11) is 0. The van der Waals surface area contributed by atoms with E-state index in [0.29, 0.717) is 11.8 Å². The van der Waals surface area contributed by atoms with Crippen LogP contribution in [0.5, 0.6) is 0 Å². The maximum atomic E-state index is 13.1. The third-order valence-corrected chi connectivity index (χ3v) is 7.46. The summed E-state index contributed by atoms with van der Waals surface area (Å²) in [6, 6.07) is 14.1. The molecule has 1 heterocycles. The number of hydrogen-bond acceptors (Lipinski definition) is 2. The van der Waals surface area contributed by atoms with E-state index in [1.54, 1.807) is 6.07 Å². The number of nitrogens with zero attached hydrogens (tertiary/aromatic N) is 1. The molecule has 2 nitrogen and oxygen atoms in total. The Labute approximate surface area is 189 Å². The quantitative estimate of drug-likeness (QED) is 0.594. The van der Waals surface area contributed by atoms with E-state index in [9.17, 15) is 18.3 Å². The van der Waals surface area contributed by atoms with Gasteiger partial charge in [-0.05, 0) is 58.8 Å². The van der Waals surface area contributed by atoms with Crippen molar-refractivity contribution < 1.29 is 18.3 Å². The Morgan fingerprint density at radius 1 is 0.969 bits per heavy atom. The van der Waals surface area contributed by atoms with Crippen LogP contribution >= 0.6 is 0 Å². The van der Waals surface area contributed by atoms with Crippen LogP contribution in [0.3, 0.4) is 0 Å². The first-order valence-corrected chi connectivity index (χ1v) is 11.6. The number of rotatable bonds is 4. The highest BCUT2D eigenvalue weighted by atomic mass is 19.4. The number of fused-ring (bicyclic) bond motifs is 1. The van der Waals surface area contributed by atoms with E-state index in [4.69, 9.17) is 0 Å². The van der Waals surface area contributed by atoms with E-state index >= 15 is 0 Å². The number of aliphatic hydroxyl groups is 1. The van der Waals surface area contributed by atoms with Crippen LogP contribution in [0.25, 0.3) is 0 Å². The van der Waals surface area contributed by atoms with Gasteiger partial charge >= 0.3 is 6.18 Å². The Morgan fingerprint density at radius 2 is 1.56 bits per heavy atom. The average molecular weight is 446 g/mol. The highest BCUT2D eigenvalue weighted by molar-refractivity contribution is 5.32. The number of halogens is 3. The van der Waals surface area contributed by atoms with Gasteiger partial charge in [-0.3, -0.25) is 0 Å². The van der Waals surface area contributed by atoms with Gasteiger partial charge in [0, 0.05) is 19.6 Å². The van der Waals surface area contributed by atoms with Crippen molar-refractivity contribution in [2.24, 2.45) is 11.8 Å². The first-order chi connectivity index (χ1) is 14.8. The fourth-order valence-corrected chi connectivity index (χ4v) is 5.63. The molecule has 174 valence electrons. The number of likely N-dealkylation sites (tertiary alicyclic amines) is 1. The third-order valence-electron chi connectivity index (χ3n) is 7.46. The van der Waals surface area contributed by atoms with Crippen LogP contribution in [0.1, 0.15) is 68.7 Å². The molecular formula is C27H34F3NO. The topological polar surface area (TPSA) is 23.5 Å². The minimum Gasteiger partial charge on any atom is -0.385 e. The normalized spacial score (nSPS) is 27.5. The Hall–Kier alpha value is -1.85. The molecule has 0 radical (unpaired) electrons. The van der Waals surface area contributed by atoms with Crippen LogP contribution in [0.2, 0.25) is 0 Å². The summed E-state index contributed by atoms with van der Waals surface area (Å²) in [5, 5.41) is 11.4. The molecule has 1 aliphatic heterocycles. The van der Waals surface area contributed by atoms with Crippen molar-refractivity contribution in [3.63, 3.8) is 0 Å². The third kappa shape index (κ3) is 4.74. The highest BCUT2D eigenvalue weighted by Gasteiger charge is 2.49. The fraction of sp³-hybridized carbons (Fsp3) is 0.556. The molecule has 4 atom stereocenters. The van der Waals surface area contributed by atoms with E-state index < -0.39 is 17.3 Å². The molecule has 1 N–H and O–H groups in total. The zero-order valence-electron chi connectivity index (χ0n) is 19.4. The van der Waals surface area contributed by atoms with Gasteiger partial charge in [-0.15, -0.1) is 0 Å². The van der Waals surface area contributed by atoms with Crippen molar-refractivity contribution in [1.29, 1.82) is 0 Å². The van der Waals surface area contributed by atoms with E-state index in [2.05, 4.69) is 49.9 Å². The van der Waals surface area contributed by atoms with Crippen LogP contribution in [0.15, 0.2) is 48.5 Å². The van der Waals surface area contributed by atoms with E-state index in [1.165, 1.54) is 17.7 Å². The van der Waals surface area contributed by atoms with Crippen molar-refractivity contribution in [3.8, 4) is 0 Å². The molecule has 32 heavy (non-hydrogen) atoms. The second kappa shape index (κ2) is 8.18. The van der Waals surface area contributed by atoms with Crippen LogP contribution < -0.4 is 0 Å². The fourth-order valence-electron chi connectivity index (χ4n) is 5.63. The van der Waals surface area contributed by atoms with E-state index in [-0.39, 0.29) is 11.3 Å². The molecule has 0 amide bonds. The lowest BCUT2D eigenvalue weighted by molar-refractivity contribution is -0.137. The van der Waals surface area contributed by atoms with Crippen LogP contribution in [0, 0.1) is 11.8 Å².